The van der Waals surface area contributed by atoms with Crippen LogP contribution < -0.4 is 20.8 Å². The molecule has 3 aromatic rings. The zero-order chi connectivity index (χ0) is 26.3. The van der Waals surface area contributed by atoms with Crippen LogP contribution in [0.25, 0.3) is 0 Å². The summed E-state index contributed by atoms with van der Waals surface area (Å²) in [6.07, 6.45) is -4.87. The molecular weight excluding hydrogens is 494 g/mol. The highest BCUT2D eigenvalue weighted by atomic mass is 19.4. The van der Waals surface area contributed by atoms with Gasteiger partial charge in [-0.05, 0) is 42.5 Å². The number of halogens is 4. The number of rotatable bonds is 8. The molecule has 0 radical (unpaired) electrons. The van der Waals surface area contributed by atoms with Crippen LogP contribution in [-0.4, -0.2) is 35.5 Å². The number of nitro groups is 1. The molecule has 0 spiro atoms. The van der Waals surface area contributed by atoms with Crippen molar-refractivity contribution in [3.05, 3.63) is 87.9 Å². The largest absolute Gasteiger partial charge is 0.573 e. The predicted octanol–water partition coefficient (Wildman–Crippen LogP) is 4.18. The number of urea groups is 1. The van der Waals surface area contributed by atoms with E-state index in [2.05, 4.69) is 25.9 Å². The van der Waals surface area contributed by atoms with Crippen molar-refractivity contribution in [3.8, 4) is 5.75 Å². The number of carbonyl (C=O) groups excluding carboxylic acids is 2. The molecular formula is C21H15F4N5O6. The normalized spacial score (nSPS) is 11.5. The molecule has 11 nitrogen and oxygen atoms in total. The molecule has 3 rings (SSSR count). The van der Waals surface area contributed by atoms with E-state index in [4.69, 9.17) is 4.42 Å². The lowest BCUT2D eigenvalue weighted by molar-refractivity contribution is -0.402. The van der Waals surface area contributed by atoms with Crippen LogP contribution in [0, 0.1) is 15.9 Å². The SMILES string of the molecule is O=C(N/N=C(/CNC(=O)c1ccc([N+](=O)[O-])o1)c1cccc(F)c1)Nc1ccc(OC(F)(F)F)cc1. The van der Waals surface area contributed by atoms with Crippen molar-refractivity contribution in [1.29, 1.82) is 0 Å². The van der Waals surface area contributed by atoms with Gasteiger partial charge in [-0.2, -0.15) is 5.10 Å². The highest BCUT2D eigenvalue weighted by Crippen LogP contribution is 2.24. The molecule has 0 fully saturated rings. The standard InChI is InChI=1S/C21H15F4N5O6/c22-13-3-1-2-12(10-13)16(11-26-19(31)17-8-9-18(35-17)30(33)34)28-29-20(32)27-14-4-6-15(7-5-14)36-21(23,24)25/h1-10H,11H2,(H,26,31)(H2,27,29,32)/b28-16-. The Hall–Kier alpha value is -4.95. The third-order valence-electron chi connectivity index (χ3n) is 4.21. The second kappa shape index (κ2) is 11.0. The number of nitrogens with one attached hydrogen (secondary N) is 3. The predicted molar refractivity (Wildman–Crippen MR) is 116 cm³/mol. The Labute approximate surface area is 198 Å². The topological polar surface area (TPSA) is 148 Å². The minimum Gasteiger partial charge on any atom is -0.406 e. The first-order valence-electron chi connectivity index (χ1n) is 9.78. The summed E-state index contributed by atoms with van der Waals surface area (Å²) in [7, 11) is 0. The number of amides is 3. The van der Waals surface area contributed by atoms with E-state index in [1.807, 2.05) is 0 Å². The summed E-state index contributed by atoms with van der Waals surface area (Å²) in [6.45, 7) is -0.347. The molecule has 3 N–H and O–H groups in total. The Morgan fingerprint density at radius 2 is 1.81 bits per heavy atom. The fourth-order valence-corrected chi connectivity index (χ4v) is 2.69. The Morgan fingerprint density at radius 1 is 1.08 bits per heavy atom. The Morgan fingerprint density at radius 3 is 2.42 bits per heavy atom. The van der Waals surface area contributed by atoms with Crippen molar-refractivity contribution in [2.45, 2.75) is 6.36 Å². The van der Waals surface area contributed by atoms with E-state index in [1.165, 1.54) is 12.1 Å². The van der Waals surface area contributed by atoms with Crippen molar-refractivity contribution in [2.75, 3.05) is 11.9 Å². The van der Waals surface area contributed by atoms with Gasteiger partial charge in [-0.15, -0.1) is 13.2 Å². The summed E-state index contributed by atoms with van der Waals surface area (Å²) in [6, 6.07) is 10.5. The van der Waals surface area contributed by atoms with Crippen molar-refractivity contribution in [1.82, 2.24) is 10.7 Å². The van der Waals surface area contributed by atoms with Gasteiger partial charge in [-0.1, -0.05) is 12.1 Å². The van der Waals surface area contributed by atoms with Crippen LogP contribution in [0.4, 0.5) is 33.9 Å². The van der Waals surface area contributed by atoms with Crippen LogP contribution in [0.5, 0.6) is 5.75 Å². The number of anilines is 1. The lowest BCUT2D eigenvalue weighted by atomic mass is 10.1. The third kappa shape index (κ3) is 7.54. The van der Waals surface area contributed by atoms with Gasteiger partial charge in [0.1, 0.15) is 16.5 Å². The van der Waals surface area contributed by atoms with E-state index in [0.29, 0.717) is 0 Å². The number of furan rings is 1. The van der Waals surface area contributed by atoms with Gasteiger partial charge in [0, 0.05) is 11.3 Å². The average molecular weight is 509 g/mol. The van der Waals surface area contributed by atoms with E-state index < -0.39 is 40.7 Å². The summed E-state index contributed by atoms with van der Waals surface area (Å²) in [5.74, 6) is -2.95. The molecule has 0 aliphatic heterocycles. The van der Waals surface area contributed by atoms with Crippen LogP contribution in [0.15, 0.2) is 70.2 Å². The Bertz CT molecular complexity index is 1290. The number of hydrazone groups is 1. The zero-order valence-corrected chi connectivity index (χ0v) is 17.8. The van der Waals surface area contributed by atoms with Gasteiger partial charge in [0.05, 0.1) is 18.3 Å². The summed E-state index contributed by atoms with van der Waals surface area (Å²) in [5.41, 5.74) is 2.42. The molecule has 3 amide bonds. The van der Waals surface area contributed by atoms with Gasteiger partial charge >= 0.3 is 18.3 Å². The fraction of sp³-hybridized carbons (Fsp3) is 0.0952. The summed E-state index contributed by atoms with van der Waals surface area (Å²) in [5, 5.41) is 19.3. The van der Waals surface area contributed by atoms with Crippen molar-refractivity contribution in [3.63, 3.8) is 0 Å². The van der Waals surface area contributed by atoms with E-state index in [0.717, 1.165) is 48.5 Å². The maximum absolute atomic E-state index is 13.7. The smallest absolute Gasteiger partial charge is 0.406 e. The number of nitrogens with zero attached hydrogens (tertiary/aromatic N) is 2. The maximum Gasteiger partial charge on any atom is 0.573 e. The van der Waals surface area contributed by atoms with Crippen LogP contribution in [0.2, 0.25) is 0 Å². The highest BCUT2D eigenvalue weighted by molar-refractivity contribution is 6.05. The van der Waals surface area contributed by atoms with Crippen molar-refractivity contribution < 1.29 is 41.2 Å². The lowest BCUT2D eigenvalue weighted by Gasteiger charge is -2.11. The third-order valence-corrected chi connectivity index (χ3v) is 4.21. The van der Waals surface area contributed by atoms with Crippen LogP contribution >= 0.6 is 0 Å². The van der Waals surface area contributed by atoms with Gasteiger partial charge < -0.3 is 19.8 Å². The van der Waals surface area contributed by atoms with E-state index in [9.17, 15) is 37.3 Å². The van der Waals surface area contributed by atoms with E-state index in [-0.39, 0.29) is 29.3 Å². The number of carbonyl (C=O) groups is 2. The average Bonchev–Trinajstić information content (AvgIpc) is 3.30. The molecule has 0 aliphatic carbocycles. The van der Waals surface area contributed by atoms with E-state index in [1.54, 1.807) is 0 Å². The number of benzene rings is 2. The van der Waals surface area contributed by atoms with Gasteiger partial charge in [-0.3, -0.25) is 14.9 Å². The lowest BCUT2D eigenvalue weighted by Crippen LogP contribution is -2.32. The Balaban J connectivity index is 1.67. The molecule has 1 heterocycles. The first kappa shape index (κ1) is 25.7. The number of hydrogen-bond acceptors (Lipinski definition) is 7. The van der Waals surface area contributed by atoms with Crippen molar-refractivity contribution >= 4 is 29.2 Å². The maximum atomic E-state index is 13.7. The quantitative estimate of drug-likeness (QED) is 0.180. The summed E-state index contributed by atoms with van der Waals surface area (Å²) >= 11 is 0. The van der Waals surface area contributed by atoms with Crippen LogP contribution in [-0.2, 0) is 0 Å². The minimum absolute atomic E-state index is 0.00650. The second-order valence-electron chi connectivity index (χ2n) is 6.78. The molecule has 0 saturated heterocycles. The first-order valence-corrected chi connectivity index (χ1v) is 9.78. The molecule has 36 heavy (non-hydrogen) atoms. The van der Waals surface area contributed by atoms with Gasteiger partial charge in [-0.25, -0.2) is 14.6 Å². The highest BCUT2D eigenvalue weighted by Gasteiger charge is 2.31. The number of hydrogen-bond donors (Lipinski definition) is 3. The summed E-state index contributed by atoms with van der Waals surface area (Å²) < 4.78 is 58.9. The minimum atomic E-state index is -4.87. The fourth-order valence-electron chi connectivity index (χ4n) is 2.69. The molecule has 15 heteroatoms. The Kier molecular flexibility index (Phi) is 7.83. The molecule has 0 aliphatic rings. The molecule has 1 aromatic heterocycles. The van der Waals surface area contributed by atoms with Crippen LogP contribution in [0.3, 0.4) is 0 Å². The molecule has 2 aromatic carbocycles. The molecule has 0 atom stereocenters. The molecule has 0 bridgehead atoms. The monoisotopic (exact) mass is 509 g/mol. The van der Waals surface area contributed by atoms with Crippen LogP contribution in [0.1, 0.15) is 16.1 Å². The van der Waals surface area contributed by atoms with Gasteiger partial charge in [0.25, 0.3) is 5.91 Å². The second-order valence-corrected chi connectivity index (χ2v) is 6.78. The number of ether oxygens (including phenoxy) is 1. The first-order chi connectivity index (χ1) is 17.0. The van der Waals surface area contributed by atoms with Crippen molar-refractivity contribution in [2.24, 2.45) is 5.10 Å². The van der Waals surface area contributed by atoms with Gasteiger partial charge in [0.2, 0.25) is 0 Å². The van der Waals surface area contributed by atoms with Gasteiger partial charge in [0.15, 0.2) is 5.76 Å². The zero-order valence-electron chi connectivity index (χ0n) is 17.8. The number of alkyl halides is 3. The molecule has 0 unspecified atom stereocenters. The summed E-state index contributed by atoms with van der Waals surface area (Å²) in [4.78, 5) is 34.3. The van der Waals surface area contributed by atoms with E-state index >= 15 is 0 Å². The molecule has 188 valence electrons. The molecule has 0 saturated carbocycles.